The number of fused-ring (bicyclic) bond motifs is 16. The first-order valence-corrected chi connectivity index (χ1v) is 25.5. The lowest BCUT2D eigenvalue weighted by Crippen LogP contribution is -2.65. The molecule has 0 bridgehead atoms. The normalized spacial score (nSPS) is 13.8. The van der Waals surface area contributed by atoms with Gasteiger partial charge in [-0.05, 0) is 124 Å². The van der Waals surface area contributed by atoms with Gasteiger partial charge in [-0.3, -0.25) is 0 Å². The molecule has 6 nitrogen and oxygen atoms in total. The summed E-state index contributed by atoms with van der Waals surface area (Å²) in [5.74, 6) is 0. The SMILES string of the molecule is c1ccc(N2c3cc4c(cc3B3c5oc6ccccc6c5N(c5ccccc5)c5cc6ccccc6c2c53)B2c3oc5ccccc5c3N(c3ccccc3)c3cc5ccccc5c(c32)N4c2ccccc2)cc1. The van der Waals surface area contributed by atoms with Crippen LogP contribution in [0.1, 0.15) is 0 Å². The van der Waals surface area contributed by atoms with E-state index in [2.05, 4.69) is 262 Å². The third kappa shape index (κ3) is 5.30. The fourth-order valence-corrected chi connectivity index (χ4v) is 13.2. The second-order valence-corrected chi connectivity index (χ2v) is 19.9. The van der Waals surface area contributed by atoms with Gasteiger partial charge in [-0.2, -0.15) is 0 Å². The Kier molecular flexibility index (Phi) is 8.08. The lowest BCUT2D eigenvalue weighted by Gasteiger charge is -2.46. The van der Waals surface area contributed by atoms with Gasteiger partial charge in [0.2, 0.25) is 0 Å². The number of furan rings is 2. The van der Waals surface area contributed by atoms with Gasteiger partial charge in [-0.1, -0.05) is 152 Å². The molecule has 0 radical (unpaired) electrons. The number of rotatable bonds is 4. The quantitative estimate of drug-likeness (QED) is 0.164. The van der Waals surface area contributed by atoms with Crippen molar-refractivity contribution in [2.75, 3.05) is 19.6 Å². The minimum atomic E-state index is -0.283. The fraction of sp³-hybridized carbons (Fsp3) is 0. The average Bonchev–Trinajstić information content (AvgIpc) is 4.10. The lowest BCUT2D eigenvalue weighted by atomic mass is 9.32. The van der Waals surface area contributed by atoms with Gasteiger partial charge >= 0.3 is 0 Å². The first kappa shape index (κ1) is 40.0. The Labute approximate surface area is 427 Å². The molecular formula is C66H40B2N4O2. The van der Waals surface area contributed by atoms with E-state index in [4.69, 9.17) is 8.83 Å². The molecule has 0 saturated heterocycles. The maximum Gasteiger partial charge on any atom is 0.297 e. The van der Waals surface area contributed by atoms with Crippen molar-refractivity contribution in [1.29, 1.82) is 0 Å². The summed E-state index contributed by atoms with van der Waals surface area (Å²) in [6.07, 6.45) is 0. The topological polar surface area (TPSA) is 39.2 Å². The Morgan fingerprint density at radius 2 is 0.595 bits per heavy atom. The summed E-state index contributed by atoms with van der Waals surface area (Å²) in [5, 5.41) is 6.85. The van der Waals surface area contributed by atoms with Crippen LogP contribution in [0.3, 0.4) is 0 Å². The molecule has 342 valence electrons. The molecule has 11 aromatic carbocycles. The molecule has 0 N–H and O–H groups in total. The van der Waals surface area contributed by atoms with Crippen LogP contribution in [0.15, 0.2) is 251 Å². The van der Waals surface area contributed by atoms with Crippen LogP contribution in [-0.4, -0.2) is 13.4 Å². The van der Waals surface area contributed by atoms with Gasteiger partial charge in [0.25, 0.3) is 13.4 Å². The molecule has 2 aromatic heterocycles. The first-order valence-electron chi connectivity index (χ1n) is 25.5. The zero-order valence-corrected chi connectivity index (χ0v) is 39.9. The highest BCUT2D eigenvalue weighted by Crippen LogP contribution is 2.53. The van der Waals surface area contributed by atoms with Gasteiger partial charge in [0.05, 0.1) is 34.1 Å². The summed E-state index contributed by atoms with van der Waals surface area (Å²) in [7, 11) is 0. The number of benzene rings is 11. The van der Waals surface area contributed by atoms with Gasteiger partial charge in [0.1, 0.15) is 11.2 Å². The molecule has 74 heavy (non-hydrogen) atoms. The van der Waals surface area contributed by atoms with E-state index in [1.54, 1.807) is 0 Å². The van der Waals surface area contributed by atoms with Crippen molar-refractivity contribution in [1.82, 2.24) is 0 Å². The first-order chi connectivity index (χ1) is 36.8. The van der Waals surface area contributed by atoms with Crippen LogP contribution in [0.25, 0.3) is 43.5 Å². The Bertz CT molecular complexity index is 4200. The van der Waals surface area contributed by atoms with Gasteiger partial charge in [0.15, 0.2) is 0 Å². The lowest BCUT2D eigenvalue weighted by molar-refractivity contribution is 0.651. The van der Waals surface area contributed by atoms with E-state index in [9.17, 15) is 0 Å². The molecule has 8 heteroatoms. The largest absolute Gasteiger partial charge is 0.468 e. The molecule has 0 fully saturated rings. The van der Waals surface area contributed by atoms with Crippen molar-refractivity contribution in [3.8, 4) is 0 Å². The van der Waals surface area contributed by atoms with Crippen LogP contribution < -0.4 is 52.8 Å². The van der Waals surface area contributed by atoms with Crippen LogP contribution >= 0.6 is 0 Å². The van der Waals surface area contributed by atoms with Crippen molar-refractivity contribution < 1.29 is 8.83 Å². The number of para-hydroxylation sites is 6. The van der Waals surface area contributed by atoms with Gasteiger partial charge in [0, 0.05) is 67.0 Å². The molecule has 17 rings (SSSR count). The van der Waals surface area contributed by atoms with Gasteiger partial charge < -0.3 is 28.4 Å². The second-order valence-electron chi connectivity index (χ2n) is 19.9. The zero-order valence-electron chi connectivity index (χ0n) is 39.9. The Balaban J connectivity index is 1.05. The molecule has 0 saturated carbocycles. The van der Waals surface area contributed by atoms with Crippen molar-refractivity contribution >= 4 is 158 Å². The molecule has 0 spiro atoms. The third-order valence-corrected chi connectivity index (χ3v) is 16.1. The molecule has 4 aliphatic heterocycles. The summed E-state index contributed by atoms with van der Waals surface area (Å²) in [5.41, 5.74) is 21.6. The number of nitrogens with zero attached hydrogens (tertiary/aromatic N) is 4. The van der Waals surface area contributed by atoms with Crippen LogP contribution in [0.5, 0.6) is 0 Å². The molecule has 0 unspecified atom stereocenters. The summed E-state index contributed by atoms with van der Waals surface area (Å²) in [4.78, 5) is 10.0. The van der Waals surface area contributed by atoms with Crippen molar-refractivity contribution in [2.45, 2.75) is 0 Å². The number of anilines is 12. The van der Waals surface area contributed by atoms with E-state index >= 15 is 0 Å². The molecule has 6 heterocycles. The Morgan fingerprint density at radius 3 is 0.986 bits per heavy atom. The summed E-state index contributed by atoms with van der Waals surface area (Å²) in [6, 6.07) is 88.3. The van der Waals surface area contributed by atoms with E-state index in [-0.39, 0.29) is 13.4 Å². The van der Waals surface area contributed by atoms with Crippen molar-refractivity contribution in [2.24, 2.45) is 0 Å². The maximum atomic E-state index is 7.39. The molecule has 0 aliphatic carbocycles. The van der Waals surface area contributed by atoms with Crippen LogP contribution in [0.2, 0.25) is 0 Å². The minimum absolute atomic E-state index is 0.283. The molecule has 4 aliphatic rings. The van der Waals surface area contributed by atoms with Crippen LogP contribution in [0.4, 0.5) is 68.2 Å². The second kappa shape index (κ2) is 14.9. The van der Waals surface area contributed by atoms with E-state index in [0.717, 1.165) is 102 Å². The molecule has 0 amide bonds. The predicted octanol–water partition coefficient (Wildman–Crippen LogP) is 13.7. The highest BCUT2D eigenvalue weighted by atomic mass is 16.3. The van der Waals surface area contributed by atoms with Gasteiger partial charge in [-0.15, -0.1) is 0 Å². The zero-order chi connectivity index (χ0) is 48.2. The monoisotopic (exact) mass is 942 g/mol. The highest BCUT2D eigenvalue weighted by molar-refractivity contribution is 7.03. The van der Waals surface area contributed by atoms with E-state index in [0.29, 0.717) is 0 Å². The van der Waals surface area contributed by atoms with E-state index in [1.165, 1.54) is 43.4 Å². The highest BCUT2D eigenvalue weighted by Gasteiger charge is 2.52. The molecule has 0 atom stereocenters. The summed E-state index contributed by atoms with van der Waals surface area (Å²) in [6.45, 7) is -0.566. The molecule has 13 aromatic rings. The predicted molar refractivity (Wildman–Crippen MR) is 309 cm³/mol. The summed E-state index contributed by atoms with van der Waals surface area (Å²) < 4.78 is 14.8. The van der Waals surface area contributed by atoms with Crippen molar-refractivity contribution in [3.05, 3.63) is 243 Å². The van der Waals surface area contributed by atoms with Crippen LogP contribution in [0, 0.1) is 0 Å². The number of hydrogen-bond donors (Lipinski definition) is 0. The molecular weight excluding hydrogens is 902 g/mol. The summed E-state index contributed by atoms with van der Waals surface area (Å²) >= 11 is 0. The van der Waals surface area contributed by atoms with Crippen molar-refractivity contribution in [3.63, 3.8) is 0 Å². The smallest absolute Gasteiger partial charge is 0.297 e. The van der Waals surface area contributed by atoms with Crippen LogP contribution in [-0.2, 0) is 0 Å². The fourth-order valence-electron chi connectivity index (χ4n) is 13.2. The van der Waals surface area contributed by atoms with E-state index in [1.807, 2.05) is 0 Å². The van der Waals surface area contributed by atoms with Gasteiger partial charge in [-0.25, -0.2) is 0 Å². The minimum Gasteiger partial charge on any atom is -0.468 e. The standard InChI is InChI=1S/C66H40B2N4O2/c1-5-23-43(24-6-1)69-53-40-54-52(39-51(53)67-59-55(37-41-21-13-15-31-47(41)61(59)69)71(45-27-9-3-10-28-45)63-49-33-17-19-35-57(49)73-65(63)67)68-60-56(38-42-22-14-16-32-48(42)62(60)70(54)44-25-7-2-8-26-44)72(46-29-11-4-12-30-46)64-50-34-18-20-36-58(50)74-66(64)68/h1-40H. The van der Waals surface area contributed by atoms with E-state index < -0.39 is 0 Å². The number of hydrogen-bond acceptors (Lipinski definition) is 6. The third-order valence-electron chi connectivity index (χ3n) is 16.1. The Hall–Kier alpha value is -9.65. The average molecular weight is 943 g/mol. The maximum absolute atomic E-state index is 7.39. The Morgan fingerprint density at radius 1 is 0.270 bits per heavy atom.